The lowest BCUT2D eigenvalue weighted by molar-refractivity contribution is -0.133. The molecule has 1 amide bonds. The van der Waals surface area contributed by atoms with Crippen LogP contribution in [0.2, 0.25) is 0 Å². The highest BCUT2D eigenvalue weighted by Crippen LogP contribution is 2.32. The van der Waals surface area contributed by atoms with Crippen LogP contribution < -0.4 is 4.90 Å². The van der Waals surface area contributed by atoms with Gasteiger partial charge >= 0.3 is 0 Å². The topological polar surface area (TPSA) is 49.3 Å². The van der Waals surface area contributed by atoms with Crippen LogP contribution in [0.5, 0.6) is 0 Å². The van der Waals surface area contributed by atoms with E-state index in [-0.39, 0.29) is 0 Å². The van der Waals surface area contributed by atoms with Crippen molar-refractivity contribution in [2.45, 2.75) is 38.6 Å². The minimum atomic E-state index is 0.300. The molecule has 1 aliphatic heterocycles. The summed E-state index contributed by atoms with van der Waals surface area (Å²) in [6.45, 7) is 3.83. The van der Waals surface area contributed by atoms with Gasteiger partial charge in [-0.2, -0.15) is 0 Å². The summed E-state index contributed by atoms with van der Waals surface area (Å²) in [5.41, 5.74) is 0.937. The molecule has 108 valence electrons. The molecular formula is C15H22N4O. The number of likely N-dealkylation sites (N-methyl/N-ethyl adjacent to an activating group) is 1. The molecule has 3 rings (SSSR count). The Morgan fingerprint density at radius 1 is 1.35 bits per heavy atom. The number of aromatic nitrogens is 2. The normalized spacial score (nSPS) is 22.7. The summed E-state index contributed by atoms with van der Waals surface area (Å²) >= 11 is 0. The van der Waals surface area contributed by atoms with Gasteiger partial charge in [-0.25, -0.2) is 4.98 Å². The van der Waals surface area contributed by atoms with E-state index in [1.807, 2.05) is 25.1 Å². The first kappa shape index (κ1) is 13.3. The molecule has 5 nitrogen and oxygen atoms in total. The maximum Gasteiger partial charge on any atom is 0.225 e. The van der Waals surface area contributed by atoms with Gasteiger partial charge in [0.2, 0.25) is 5.91 Å². The van der Waals surface area contributed by atoms with E-state index in [1.165, 1.54) is 0 Å². The van der Waals surface area contributed by atoms with Crippen molar-refractivity contribution >= 4 is 11.7 Å². The predicted molar refractivity (Wildman–Crippen MR) is 77.5 cm³/mol. The lowest BCUT2D eigenvalue weighted by Gasteiger charge is -2.38. The number of piperidine rings is 1. The van der Waals surface area contributed by atoms with Crippen LogP contribution in [0.25, 0.3) is 0 Å². The van der Waals surface area contributed by atoms with Crippen LogP contribution in [-0.4, -0.2) is 47.0 Å². The van der Waals surface area contributed by atoms with Crippen LogP contribution in [-0.2, 0) is 4.79 Å². The van der Waals surface area contributed by atoms with Crippen LogP contribution in [0.4, 0.5) is 5.82 Å². The summed E-state index contributed by atoms with van der Waals surface area (Å²) in [6.07, 6.45) is 7.92. The summed E-state index contributed by atoms with van der Waals surface area (Å²) in [7, 11) is 1.96. The van der Waals surface area contributed by atoms with Crippen molar-refractivity contribution in [1.29, 1.82) is 0 Å². The summed E-state index contributed by atoms with van der Waals surface area (Å²) in [4.78, 5) is 25.2. The molecule has 0 N–H and O–H groups in total. The quantitative estimate of drug-likeness (QED) is 0.840. The van der Waals surface area contributed by atoms with Crippen LogP contribution >= 0.6 is 0 Å². The van der Waals surface area contributed by atoms with E-state index >= 15 is 0 Å². The lowest BCUT2D eigenvalue weighted by atomic mass is 10.0. The Morgan fingerprint density at radius 3 is 2.85 bits per heavy atom. The lowest BCUT2D eigenvalue weighted by Crippen LogP contribution is -2.49. The number of carbonyl (C=O) groups is 1. The van der Waals surface area contributed by atoms with Crippen molar-refractivity contribution in [3.05, 3.63) is 18.1 Å². The third-order valence-corrected chi connectivity index (χ3v) is 4.28. The Hall–Kier alpha value is -1.65. The Bertz CT molecular complexity index is 500. The smallest absolute Gasteiger partial charge is 0.225 e. The number of aryl methyl sites for hydroxylation is 1. The number of anilines is 1. The second kappa shape index (κ2) is 5.38. The first-order chi connectivity index (χ1) is 9.65. The molecule has 2 fully saturated rings. The SMILES string of the molecule is Cc1cncc(N2CCCC(N(C)C(=O)C3CC3)C2)n1. The van der Waals surface area contributed by atoms with Gasteiger partial charge in [-0.3, -0.25) is 9.78 Å². The number of amides is 1. The van der Waals surface area contributed by atoms with E-state index in [0.29, 0.717) is 17.9 Å². The molecular weight excluding hydrogens is 252 g/mol. The molecule has 1 atom stereocenters. The van der Waals surface area contributed by atoms with E-state index in [0.717, 1.165) is 50.3 Å². The second-order valence-corrected chi connectivity index (χ2v) is 5.98. The molecule has 1 aromatic rings. The van der Waals surface area contributed by atoms with Gasteiger partial charge in [0, 0.05) is 38.3 Å². The molecule has 0 aromatic carbocycles. The summed E-state index contributed by atoms with van der Waals surface area (Å²) < 4.78 is 0. The highest BCUT2D eigenvalue weighted by molar-refractivity contribution is 5.81. The minimum Gasteiger partial charge on any atom is -0.353 e. The highest BCUT2D eigenvalue weighted by atomic mass is 16.2. The molecule has 0 bridgehead atoms. The average Bonchev–Trinajstić information content (AvgIpc) is 3.30. The van der Waals surface area contributed by atoms with Gasteiger partial charge in [-0.15, -0.1) is 0 Å². The molecule has 0 radical (unpaired) electrons. The Labute approximate surface area is 120 Å². The Kier molecular flexibility index (Phi) is 3.59. The fourth-order valence-corrected chi connectivity index (χ4v) is 2.88. The molecule has 1 saturated carbocycles. The Balaban J connectivity index is 1.68. The Morgan fingerprint density at radius 2 is 2.15 bits per heavy atom. The zero-order chi connectivity index (χ0) is 14.1. The van der Waals surface area contributed by atoms with Crippen molar-refractivity contribution in [2.24, 2.45) is 5.92 Å². The van der Waals surface area contributed by atoms with Crippen LogP contribution in [0.1, 0.15) is 31.4 Å². The number of nitrogens with zero attached hydrogens (tertiary/aromatic N) is 4. The van der Waals surface area contributed by atoms with Crippen LogP contribution in [0, 0.1) is 12.8 Å². The van der Waals surface area contributed by atoms with Crippen molar-refractivity contribution in [1.82, 2.24) is 14.9 Å². The summed E-state index contributed by atoms with van der Waals surface area (Å²) in [6, 6.07) is 0.305. The summed E-state index contributed by atoms with van der Waals surface area (Å²) in [5, 5.41) is 0. The molecule has 1 aromatic heterocycles. The van der Waals surface area contributed by atoms with Crippen molar-refractivity contribution in [3.63, 3.8) is 0 Å². The maximum absolute atomic E-state index is 12.2. The first-order valence-corrected chi connectivity index (χ1v) is 7.45. The molecule has 2 heterocycles. The largest absolute Gasteiger partial charge is 0.353 e. The van der Waals surface area contributed by atoms with Gasteiger partial charge in [0.15, 0.2) is 0 Å². The third-order valence-electron chi connectivity index (χ3n) is 4.28. The fourth-order valence-electron chi connectivity index (χ4n) is 2.88. The van der Waals surface area contributed by atoms with Gasteiger partial charge in [0.05, 0.1) is 11.9 Å². The monoisotopic (exact) mass is 274 g/mol. The fraction of sp³-hybridized carbons (Fsp3) is 0.667. The van der Waals surface area contributed by atoms with Crippen LogP contribution in [0.15, 0.2) is 12.4 Å². The zero-order valence-corrected chi connectivity index (χ0v) is 12.2. The molecule has 2 aliphatic rings. The predicted octanol–water partition coefficient (Wildman–Crippen LogP) is 1.62. The molecule has 0 spiro atoms. The van der Waals surface area contributed by atoms with E-state index in [1.54, 1.807) is 6.20 Å². The zero-order valence-electron chi connectivity index (χ0n) is 12.2. The standard InChI is InChI=1S/C15H22N4O/c1-11-8-16-9-14(17-11)19-7-3-4-13(10-19)18(2)15(20)12-5-6-12/h8-9,12-13H,3-7,10H2,1-2H3. The van der Waals surface area contributed by atoms with Gasteiger partial charge < -0.3 is 9.80 Å². The van der Waals surface area contributed by atoms with Crippen LogP contribution in [0.3, 0.4) is 0 Å². The average molecular weight is 274 g/mol. The van der Waals surface area contributed by atoms with E-state index < -0.39 is 0 Å². The van der Waals surface area contributed by atoms with Gasteiger partial charge in [-0.05, 0) is 32.6 Å². The molecule has 5 heteroatoms. The number of hydrogen-bond donors (Lipinski definition) is 0. The maximum atomic E-state index is 12.2. The molecule has 20 heavy (non-hydrogen) atoms. The van der Waals surface area contributed by atoms with E-state index in [9.17, 15) is 4.79 Å². The first-order valence-electron chi connectivity index (χ1n) is 7.45. The number of rotatable bonds is 3. The number of carbonyl (C=O) groups excluding carboxylic acids is 1. The minimum absolute atomic E-state index is 0.300. The van der Waals surface area contributed by atoms with Gasteiger partial charge in [0.25, 0.3) is 0 Å². The number of hydrogen-bond acceptors (Lipinski definition) is 4. The van der Waals surface area contributed by atoms with E-state index in [2.05, 4.69) is 14.9 Å². The second-order valence-electron chi connectivity index (χ2n) is 5.98. The third kappa shape index (κ3) is 2.76. The van der Waals surface area contributed by atoms with E-state index in [4.69, 9.17) is 0 Å². The van der Waals surface area contributed by atoms with Gasteiger partial charge in [0.1, 0.15) is 5.82 Å². The van der Waals surface area contributed by atoms with Crippen molar-refractivity contribution in [2.75, 3.05) is 25.0 Å². The molecule has 1 unspecified atom stereocenters. The molecule has 1 saturated heterocycles. The molecule has 1 aliphatic carbocycles. The summed E-state index contributed by atoms with van der Waals surface area (Å²) in [5.74, 6) is 1.56. The van der Waals surface area contributed by atoms with Crippen molar-refractivity contribution < 1.29 is 4.79 Å². The highest BCUT2D eigenvalue weighted by Gasteiger charge is 2.35. The van der Waals surface area contributed by atoms with Crippen molar-refractivity contribution in [3.8, 4) is 0 Å². The van der Waals surface area contributed by atoms with Gasteiger partial charge in [-0.1, -0.05) is 0 Å².